The zero-order valence-corrected chi connectivity index (χ0v) is 13.2. The van der Waals surface area contributed by atoms with Gasteiger partial charge in [0.25, 0.3) is 10.0 Å². The lowest BCUT2D eigenvalue weighted by molar-refractivity contribution is 0.598. The zero-order chi connectivity index (χ0) is 14.9. The van der Waals surface area contributed by atoms with Crippen molar-refractivity contribution >= 4 is 31.6 Å². The van der Waals surface area contributed by atoms with E-state index in [1.807, 2.05) is 0 Å². The molecule has 4 nitrogen and oxygen atoms in total. The van der Waals surface area contributed by atoms with E-state index in [1.165, 1.54) is 12.1 Å². The number of hydrogen-bond acceptors (Lipinski definition) is 3. The van der Waals surface area contributed by atoms with E-state index < -0.39 is 15.8 Å². The number of sulfonamides is 1. The zero-order valence-electron chi connectivity index (χ0n) is 10.8. The summed E-state index contributed by atoms with van der Waals surface area (Å²) < 4.78 is 40.7. The van der Waals surface area contributed by atoms with Crippen LogP contribution in [-0.2, 0) is 10.0 Å². The molecule has 0 amide bonds. The van der Waals surface area contributed by atoms with Crippen LogP contribution in [0, 0.1) is 19.7 Å². The minimum absolute atomic E-state index is 0.0428. The van der Waals surface area contributed by atoms with E-state index in [9.17, 15) is 12.8 Å². The molecular weight excluding hydrogens is 347 g/mol. The van der Waals surface area contributed by atoms with Crippen molar-refractivity contribution in [1.82, 2.24) is 4.98 Å². The highest BCUT2D eigenvalue weighted by Gasteiger charge is 2.18. The van der Waals surface area contributed by atoms with E-state index in [0.29, 0.717) is 21.5 Å². The molecule has 0 unspecified atom stereocenters. The van der Waals surface area contributed by atoms with Crippen LogP contribution in [0.1, 0.15) is 11.3 Å². The molecule has 0 bridgehead atoms. The highest BCUT2D eigenvalue weighted by atomic mass is 79.9. The van der Waals surface area contributed by atoms with Crippen LogP contribution in [0.2, 0.25) is 0 Å². The summed E-state index contributed by atoms with van der Waals surface area (Å²) in [5.74, 6) is -0.470. The highest BCUT2D eigenvalue weighted by molar-refractivity contribution is 9.10. The van der Waals surface area contributed by atoms with Crippen molar-refractivity contribution in [1.29, 1.82) is 0 Å². The number of anilines is 1. The van der Waals surface area contributed by atoms with Crippen LogP contribution in [0.15, 0.2) is 39.8 Å². The fraction of sp³-hybridized carbons (Fsp3) is 0.154. The van der Waals surface area contributed by atoms with Gasteiger partial charge in [-0.05, 0) is 65.7 Å². The summed E-state index contributed by atoms with van der Waals surface area (Å²) in [6.07, 6.45) is 0. The minimum atomic E-state index is -3.77. The molecule has 106 valence electrons. The van der Waals surface area contributed by atoms with Crippen LogP contribution in [0.3, 0.4) is 0 Å². The van der Waals surface area contributed by atoms with Crippen LogP contribution in [0.4, 0.5) is 10.1 Å². The second kappa shape index (κ2) is 5.49. The highest BCUT2D eigenvalue weighted by Crippen LogP contribution is 2.22. The van der Waals surface area contributed by atoms with Gasteiger partial charge in [0.1, 0.15) is 10.4 Å². The van der Waals surface area contributed by atoms with Gasteiger partial charge in [-0.2, -0.15) is 0 Å². The lowest BCUT2D eigenvalue weighted by atomic mass is 10.2. The van der Waals surface area contributed by atoms with Crippen molar-refractivity contribution in [2.45, 2.75) is 18.7 Å². The summed E-state index contributed by atoms with van der Waals surface area (Å²) in [6, 6.07) is 6.80. The Kier molecular flexibility index (Phi) is 4.10. The van der Waals surface area contributed by atoms with Crippen LogP contribution in [0.25, 0.3) is 0 Å². The average molecular weight is 359 g/mol. The van der Waals surface area contributed by atoms with Gasteiger partial charge in [-0.1, -0.05) is 0 Å². The normalized spacial score (nSPS) is 11.4. The second-order valence-electron chi connectivity index (χ2n) is 4.28. The predicted molar refractivity (Wildman–Crippen MR) is 78.6 cm³/mol. The largest absolute Gasteiger partial charge is 0.278 e. The number of aryl methyl sites for hydroxylation is 2. The van der Waals surface area contributed by atoms with E-state index in [0.717, 1.165) is 6.07 Å². The summed E-state index contributed by atoms with van der Waals surface area (Å²) in [4.78, 5) is 4.16. The first-order valence-electron chi connectivity index (χ1n) is 5.72. The van der Waals surface area contributed by atoms with Crippen molar-refractivity contribution in [2.24, 2.45) is 0 Å². The molecule has 0 aliphatic rings. The lowest BCUT2D eigenvalue weighted by Gasteiger charge is -2.12. The van der Waals surface area contributed by atoms with E-state index in [-0.39, 0.29) is 4.90 Å². The molecule has 0 aliphatic carbocycles. The quantitative estimate of drug-likeness (QED) is 0.855. The third kappa shape index (κ3) is 3.16. The van der Waals surface area contributed by atoms with E-state index in [1.54, 1.807) is 26.0 Å². The van der Waals surface area contributed by atoms with E-state index in [4.69, 9.17) is 0 Å². The SMILES string of the molecule is Cc1cc(F)ccc1S(=O)(=O)Nc1ccc(Br)nc1C. The van der Waals surface area contributed by atoms with Gasteiger partial charge in [0.2, 0.25) is 0 Å². The third-order valence-corrected chi connectivity index (χ3v) is 4.69. The summed E-state index contributed by atoms with van der Waals surface area (Å²) in [5, 5.41) is 0. The molecule has 0 radical (unpaired) electrons. The molecule has 2 aromatic rings. The molecule has 1 N–H and O–H groups in total. The van der Waals surface area contributed by atoms with Crippen LogP contribution < -0.4 is 4.72 Å². The first-order chi connectivity index (χ1) is 9.29. The fourth-order valence-electron chi connectivity index (χ4n) is 1.75. The summed E-state index contributed by atoms with van der Waals surface area (Å²) in [6.45, 7) is 3.24. The molecule has 7 heteroatoms. The van der Waals surface area contributed by atoms with Crippen molar-refractivity contribution in [2.75, 3.05) is 4.72 Å². The molecule has 1 aromatic heterocycles. The number of nitrogens with zero attached hydrogens (tertiary/aromatic N) is 1. The number of halogens is 2. The number of pyridine rings is 1. The molecule has 20 heavy (non-hydrogen) atoms. The van der Waals surface area contributed by atoms with Gasteiger partial charge in [0, 0.05) is 0 Å². The number of nitrogens with one attached hydrogen (secondary N) is 1. The monoisotopic (exact) mass is 358 g/mol. The van der Waals surface area contributed by atoms with Crippen molar-refractivity contribution in [3.05, 3.63) is 52.0 Å². The van der Waals surface area contributed by atoms with Gasteiger partial charge >= 0.3 is 0 Å². The number of hydrogen-bond donors (Lipinski definition) is 1. The molecule has 0 saturated carbocycles. The molecular formula is C13H12BrFN2O2S. The van der Waals surface area contributed by atoms with Gasteiger partial charge in [-0.25, -0.2) is 17.8 Å². The number of rotatable bonds is 3. The topological polar surface area (TPSA) is 59.1 Å². The fourth-order valence-corrected chi connectivity index (χ4v) is 3.50. The molecule has 0 saturated heterocycles. The number of aromatic nitrogens is 1. The standard InChI is InChI=1S/C13H12BrFN2O2S/c1-8-7-10(15)3-5-12(8)20(18,19)17-11-4-6-13(14)16-9(11)2/h3-7,17H,1-2H3. The molecule has 0 spiro atoms. The molecule has 1 heterocycles. The minimum Gasteiger partial charge on any atom is -0.278 e. The first kappa shape index (κ1) is 14.9. The van der Waals surface area contributed by atoms with Gasteiger partial charge in [0.05, 0.1) is 16.3 Å². The van der Waals surface area contributed by atoms with Crippen LogP contribution >= 0.6 is 15.9 Å². The number of benzene rings is 1. The Morgan fingerprint density at radius 2 is 1.90 bits per heavy atom. The molecule has 0 aliphatic heterocycles. The third-order valence-electron chi connectivity index (χ3n) is 2.72. The Balaban J connectivity index is 2.41. The second-order valence-corrected chi connectivity index (χ2v) is 6.75. The van der Waals surface area contributed by atoms with Gasteiger partial charge in [-0.15, -0.1) is 0 Å². The van der Waals surface area contributed by atoms with Gasteiger partial charge < -0.3 is 0 Å². The van der Waals surface area contributed by atoms with Gasteiger partial charge in [0.15, 0.2) is 0 Å². The Labute approximate surface area is 125 Å². The van der Waals surface area contributed by atoms with E-state index >= 15 is 0 Å². The average Bonchev–Trinajstić information content (AvgIpc) is 2.32. The summed E-state index contributed by atoms with van der Waals surface area (Å²) in [5.41, 5.74) is 1.28. The molecule has 0 atom stereocenters. The summed E-state index contributed by atoms with van der Waals surface area (Å²) >= 11 is 3.21. The Morgan fingerprint density at radius 3 is 2.50 bits per heavy atom. The van der Waals surface area contributed by atoms with E-state index in [2.05, 4.69) is 25.6 Å². The maximum absolute atomic E-state index is 13.0. The first-order valence-corrected chi connectivity index (χ1v) is 7.99. The Hall–Kier alpha value is -1.47. The molecule has 1 aromatic carbocycles. The smallest absolute Gasteiger partial charge is 0.262 e. The van der Waals surface area contributed by atoms with Crippen molar-refractivity contribution in [3.8, 4) is 0 Å². The van der Waals surface area contributed by atoms with Crippen LogP contribution in [-0.4, -0.2) is 13.4 Å². The maximum Gasteiger partial charge on any atom is 0.262 e. The molecule has 2 rings (SSSR count). The Bertz CT molecular complexity index is 763. The van der Waals surface area contributed by atoms with Gasteiger partial charge in [-0.3, -0.25) is 4.72 Å². The predicted octanol–water partition coefficient (Wildman–Crippen LogP) is 3.40. The van der Waals surface area contributed by atoms with Crippen LogP contribution in [0.5, 0.6) is 0 Å². The lowest BCUT2D eigenvalue weighted by Crippen LogP contribution is -2.15. The maximum atomic E-state index is 13.0. The molecule has 0 fully saturated rings. The van der Waals surface area contributed by atoms with Crippen molar-refractivity contribution in [3.63, 3.8) is 0 Å². The summed E-state index contributed by atoms with van der Waals surface area (Å²) in [7, 11) is -3.77. The van der Waals surface area contributed by atoms with Crippen molar-refractivity contribution < 1.29 is 12.8 Å². The Morgan fingerprint density at radius 1 is 1.20 bits per heavy atom.